The molecule has 0 unspecified atom stereocenters. The van der Waals surface area contributed by atoms with E-state index in [1.54, 1.807) is 0 Å². The van der Waals surface area contributed by atoms with E-state index in [1.807, 2.05) is 12.1 Å². The van der Waals surface area contributed by atoms with Gasteiger partial charge in [0.25, 0.3) is 0 Å². The van der Waals surface area contributed by atoms with E-state index in [9.17, 15) is 0 Å². The van der Waals surface area contributed by atoms with Crippen LogP contribution in [-0.4, -0.2) is 0 Å². The molecule has 0 N–H and O–H groups in total. The average Bonchev–Trinajstić information content (AvgIpc) is 3.77. The molecule has 11 aromatic carbocycles. The Hall–Kier alpha value is -8.86. The molecule has 0 aliphatic heterocycles. The van der Waals surface area contributed by atoms with Gasteiger partial charge < -0.3 is 19.1 Å². The Morgan fingerprint density at radius 1 is 0.294 bits per heavy atom. The molecule has 0 saturated carbocycles. The Kier molecular flexibility index (Phi) is 10.3. The maximum absolute atomic E-state index is 6.56. The number of nitrogens with zero attached hydrogens (tertiary/aromatic N) is 3. The molecule has 4 heteroatoms. The quantitative estimate of drug-likeness (QED) is 0.128. The van der Waals surface area contributed by atoms with Crippen LogP contribution in [0.5, 0.6) is 0 Å². The third-order valence-corrected chi connectivity index (χ3v) is 13.0. The normalized spacial score (nSPS) is 11.4. The van der Waals surface area contributed by atoms with Crippen molar-refractivity contribution in [3.63, 3.8) is 0 Å². The van der Waals surface area contributed by atoms with Crippen LogP contribution in [-0.2, 0) is 0 Å². The summed E-state index contributed by atoms with van der Waals surface area (Å²) in [4.78, 5) is 7.21. The van der Waals surface area contributed by atoms with E-state index in [0.29, 0.717) is 0 Å². The van der Waals surface area contributed by atoms with Crippen LogP contribution in [0.2, 0.25) is 0 Å². The van der Waals surface area contributed by atoms with Gasteiger partial charge in [-0.3, -0.25) is 0 Å². The fraction of sp³-hybridized carbons (Fsp3) is 0.0312. The molecule has 0 saturated heterocycles. The van der Waals surface area contributed by atoms with Crippen LogP contribution in [0, 0.1) is 13.8 Å². The molecular weight excluding hydrogens is 827 g/mol. The van der Waals surface area contributed by atoms with Crippen molar-refractivity contribution in [1.82, 2.24) is 0 Å². The van der Waals surface area contributed by atoms with Crippen molar-refractivity contribution in [3.8, 4) is 11.1 Å². The number of anilines is 9. The lowest BCUT2D eigenvalue weighted by atomic mass is 9.98. The first-order chi connectivity index (χ1) is 33.5. The van der Waals surface area contributed by atoms with Crippen LogP contribution in [0.4, 0.5) is 51.2 Å². The van der Waals surface area contributed by atoms with Crippen molar-refractivity contribution in [3.05, 3.63) is 260 Å². The van der Waals surface area contributed by atoms with E-state index in [4.69, 9.17) is 4.42 Å². The van der Waals surface area contributed by atoms with E-state index >= 15 is 0 Å². The molecule has 0 atom stereocenters. The molecule has 0 aliphatic carbocycles. The van der Waals surface area contributed by atoms with Gasteiger partial charge in [0, 0.05) is 50.2 Å². The number of para-hydroxylation sites is 4. The molecule has 324 valence electrons. The fourth-order valence-corrected chi connectivity index (χ4v) is 9.96. The summed E-state index contributed by atoms with van der Waals surface area (Å²) >= 11 is 0. The zero-order valence-corrected chi connectivity index (χ0v) is 37.9. The molecular formula is C64H47N3O. The Bertz CT molecular complexity index is 3680. The summed E-state index contributed by atoms with van der Waals surface area (Å²) in [5.74, 6) is 0. The predicted octanol–water partition coefficient (Wildman–Crippen LogP) is 18.6. The Balaban J connectivity index is 1.15. The highest BCUT2D eigenvalue weighted by Gasteiger charge is 2.24. The molecule has 0 amide bonds. The van der Waals surface area contributed by atoms with Gasteiger partial charge in [0.15, 0.2) is 0 Å². The minimum atomic E-state index is 0.891. The Morgan fingerprint density at radius 2 is 0.765 bits per heavy atom. The van der Waals surface area contributed by atoms with Gasteiger partial charge in [-0.15, -0.1) is 0 Å². The van der Waals surface area contributed by atoms with Crippen LogP contribution >= 0.6 is 0 Å². The molecule has 0 spiro atoms. The summed E-state index contributed by atoms with van der Waals surface area (Å²) in [5, 5.41) is 6.99. The minimum Gasteiger partial charge on any atom is -0.455 e. The average molecular weight is 874 g/mol. The highest BCUT2D eigenvalue weighted by molar-refractivity contribution is 6.15. The highest BCUT2D eigenvalue weighted by atomic mass is 16.3. The van der Waals surface area contributed by atoms with Gasteiger partial charge in [-0.1, -0.05) is 158 Å². The zero-order chi connectivity index (χ0) is 45.6. The van der Waals surface area contributed by atoms with Crippen LogP contribution in [0.1, 0.15) is 11.1 Å². The predicted molar refractivity (Wildman–Crippen MR) is 288 cm³/mol. The second-order valence-electron chi connectivity index (χ2n) is 17.6. The molecule has 0 radical (unpaired) electrons. The Labute approximate surface area is 396 Å². The first kappa shape index (κ1) is 40.6. The smallest absolute Gasteiger partial charge is 0.143 e. The van der Waals surface area contributed by atoms with E-state index in [2.05, 4.69) is 265 Å². The molecule has 1 heterocycles. The Morgan fingerprint density at radius 3 is 1.38 bits per heavy atom. The molecule has 1 aromatic heterocycles. The van der Waals surface area contributed by atoms with Crippen molar-refractivity contribution in [1.29, 1.82) is 0 Å². The summed E-state index contributed by atoms with van der Waals surface area (Å²) in [6, 6.07) is 89.7. The van der Waals surface area contributed by atoms with Crippen LogP contribution in [0.25, 0.3) is 54.6 Å². The lowest BCUT2D eigenvalue weighted by Crippen LogP contribution is -2.16. The van der Waals surface area contributed by atoms with Gasteiger partial charge in [-0.2, -0.15) is 0 Å². The summed E-state index contributed by atoms with van der Waals surface area (Å²) < 4.78 is 6.56. The number of rotatable bonds is 10. The van der Waals surface area contributed by atoms with E-state index < -0.39 is 0 Å². The molecule has 0 bridgehead atoms. The van der Waals surface area contributed by atoms with Crippen molar-refractivity contribution >= 4 is 94.7 Å². The minimum absolute atomic E-state index is 0.891. The van der Waals surface area contributed by atoms with Gasteiger partial charge in [-0.05, 0) is 138 Å². The van der Waals surface area contributed by atoms with Gasteiger partial charge in [-0.25, -0.2) is 0 Å². The first-order valence-electron chi connectivity index (χ1n) is 23.2. The van der Waals surface area contributed by atoms with E-state index in [0.717, 1.165) is 89.6 Å². The second-order valence-corrected chi connectivity index (χ2v) is 17.6. The standard InChI is InChI=1S/C64H47N3O/c1-44-18-15-25-51(38-44)65(48-21-5-3-6-22-48)53-41-54(66(49-23-7-4-8-24-49)52-26-16-19-45(2)39-52)43-55(42-53)67(62-40-47-20-9-10-27-56(47)58-28-11-12-29-59(58)62)50-36-34-46(35-37-50)57-31-17-32-61-60-30-13-14-33-63(60)68-64(57)61/h3-43H,1-2H3. The third-order valence-electron chi connectivity index (χ3n) is 13.0. The summed E-state index contributed by atoms with van der Waals surface area (Å²) in [5.41, 5.74) is 15.7. The lowest BCUT2D eigenvalue weighted by Gasteiger charge is -2.33. The molecule has 0 fully saturated rings. The lowest BCUT2D eigenvalue weighted by molar-refractivity contribution is 0.670. The zero-order valence-electron chi connectivity index (χ0n) is 37.9. The fourth-order valence-electron chi connectivity index (χ4n) is 9.96. The molecule has 4 nitrogen and oxygen atoms in total. The van der Waals surface area contributed by atoms with Crippen molar-refractivity contribution in [2.45, 2.75) is 13.8 Å². The SMILES string of the molecule is Cc1cccc(N(c2ccccc2)c2cc(N(c3ccccc3)c3cccc(C)c3)cc(N(c3ccc(-c4cccc5c4oc4ccccc45)cc3)c3cc4ccccc4c4ccccc34)c2)c1. The van der Waals surface area contributed by atoms with Crippen LogP contribution in [0.15, 0.2) is 253 Å². The van der Waals surface area contributed by atoms with Crippen molar-refractivity contribution in [2.24, 2.45) is 0 Å². The number of benzene rings is 11. The van der Waals surface area contributed by atoms with Gasteiger partial charge in [0.2, 0.25) is 0 Å². The number of fused-ring (bicyclic) bond motifs is 6. The molecule has 68 heavy (non-hydrogen) atoms. The number of aryl methyl sites for hydroxylation is 2. The number of hydrogen-bond acceptors (Lipinski definition) is 4. The summed E-state index contributed by atoms with van der Waals surface area (Å²) in [7, 11) is 0. The topological polar surface area (TPSA) is 22.9 Å². The van der Waals surface area contributed by atoms with Crippen LogP contribution < -0.4 is 14.7 Å². The third kappa shape index (κ3) is 7.39. The monoisotopic (exact) mass is 873 g/mol. The van der Waals surface area contributed by atoms with Crippen LogP contribution in [0.3, 0.4) is 0 Å². The molecule has 12 rings (SSSR count). The van der Waals surface area contributed by atoms with E-state index in [1.165, 1.54) is 27.3 Å². The van der Waals surface area contributed by atoms with Gasteiger partial charge >= 0.3 is 0 Å². The summed E-state index contributed by atoms with van der Waals surface area (Å²) in [6.45, 7) is 4.32. The second kappa shape index (κ2) is 17.2. The first-order valence-corrected chi connectivity index (χ1v) is 23.2. The highest BCUT2D eigenvalue weighted by Crippen LogP contribution is 2.48. The van der Waals surface area contributed by atoms with Crippen molar-refractivity contribution in [2.75, 3.05) is 14.7 Å². The number of hydrogen-bond donors (Lipinski definition) is 0. The molecule has 0 aliphatic rings. The van der Waals surface area contributed by atoms with Gasteiger partial charge in [0.05, 0.1) is 22.7 Å². The van der Waals surface area contributed by atoms with Crippen molar-refractivity contribution < 1.29 is 4.42 Å². The maximum Gasteiger partial charge on any atom is 0.143 e. The largest absolute Gasteiger partial charge is 0.455 e. The summed E-state index contributed by atoms with van der Waals surface area (Å²) in [6.07, 6.45) is 0. The van der Waals surface area contributed by atoms with E-state index in [-0.39, 0.29) is 0 Å². The molecule has 12 aromatic rings. The number of furan rings is 1. The maximum atomic E-state index is 6.56. The van der Waals surface area contributed by atoms with Gasteiger partial charge in [0.1, 0.15) is 11.2 Å².